The molecular weight excluding hydrogens is 355 g/mol. The Morgan fingerprint density at radius 2 is 2.18 bits per heavy atom. The number of hydrogen-bond donors (Lipinski definition) is 0. The lowest BCUT2D eigenvalue weighted by Gasteiger charge is -2.05. The van der Waals surface area contributed by atoms with Crippen LogP contribution >= 0.6 is 31.9 Å². The zero-order valence-electron chi connectivity index (χ0n) is 8.99. The van der Waals surface area contributed by atoms with Crippen molar-refractivity contribution in [3.63, 3.8) is 0 Å². The molecule has 2 aromatic heterocycles. The molecule has 0 aliphatic rings. The minimum atomic E-state index is -0.503. The van der Waals surface area contributed by atoms with E-state index in [1.807, 2.05) is 6.92 Å². The Bertz CT molecular complexity index is 541. The number of halogens is 3. The largest absolute Gasteiger partial charge is 0.245 e. The van der Waals surface area contributed by atoms with Gasteiger partial charge in [-0.1, -0.05) is 21.1 Å². The van der Waals surface area contributed by atoms with Gasteiger partial charge >= 0.3 is 0 Å². The minimum Gasteiger partial charge on any atom is -0.245 e. The molecule has 0 bridgehead atoms. The molecule has 0 atom stereocenters. The van der Waals surface area contributed by atoms with Gasteiger partial charge < -0.3 is 0 Å². The summed E-state index contributed by atoms with van der Waals surface area (Å²) in [5.41, 5.74) is 2.75. The second-order valence-electron chi connectivity index (χ2n) is 3.50. The molecule has 0 aliphatic carbocycles. The molecule has 0 radical (unpaired) electrons. The van der Waals surface area contributed by atoms with Crippen LogP contribution in [0.1, 0.15) is 17.0 Å². The standard InChI is InChI=1S/C10H9Br2FN4/c1-6-8(4-11)15-16-17(6)5-7-2-3-9(13)14-10(7)12/h2-3H,4-5H2,1H3. The fraction of sp³-hybridized carbons (Fsp3) is 0.300. The van der Waals surface area contributed by atoms with Crippen LogP contribution in [0.3, 0.4) is 0 Å². The molecule has 2 heterocycles. The zero-order valence-corrected chi connectivity index (χ0v) is 12.2. The number of nitrogens with zero attached hydrogens (tertiary/aromatic N) is 4. The summed E-state index contributed by atoms with van der Waals surface area (Å²) >= 11 is 6.58. The minimum absolute atomic E-state index is 0.493. The van der Waals surface area contributed by atoms with Gasteiger partial charge in [0.1, 0.15) is 4.60 Å². The van der Waals surface area contributed by atoms with Crippen molar-refractivity contribution >= 4 is 31.9 Å². The molecule has 0 amide bonds. The fourth-order valence-electron chi connectivity index (χ4n) is 1.39. The first-order valence-corrected chi connectivity index (χ1v) is 6.79. The fourth-order valence-corrected chi connectivity index (χ4v) is 2.34. The van der Waals surface area contributed by atoms with Gasteiger partial charge in [-0.25, -0.2) is 9.67 Å². The third-order valence-electron chi connectivity index (χ3n) is 2.42. The highest BCUT2D eigenvalue weighted by atomic mass is 79.9. The number of aromatic nitrogens is 4. The van der Waals surface area contributed by atoms with Crippen LogP contribution in [0, 0.1) is 12.9 Å². The molecule has 2 rings (SSSR count). The van der Waals surface area contributed by atoms with E-state index in [-0.39, 0.29) is 0 Å². The van der Waals surface area contributed by atoms with Crippen LogP contribution < -0.4 is 0 Å². The van der Waals surface area contributed by atoms with E-state index in [0.29, 0.717) is 16.5 Å². The van der Waals surface area contributed by atoms with Crippen LogP contribution in [0.5, 0.6) is 0 Å². The molecule has 0 N–H and O–H groups in total. The Balaban J connectivity index is 2.28. The first-order chi connectivity index (χ1) is 8.11. The first kappa shape index (κ1) is 12.6. The van der Waals surface area contributed by atoms with Gasteiger partial charge in [0.05, 0.1) is 17.9 Å². The van der Waals surface area contributed by atoms with E-state index in [9.17, 15) is 4.39 Å². The molecule has 90 valence electrons. The van der Waals surface area contributed by atoms with E-state index >= 15 is 0 Å². The molecule has 0 saturated carbocycles. The highest BCUT2D eigenvalue weighted by molar-refractivity contribution is 9.10. The van der Waals surface area contributed by atoms with Crippen LogP contribution in [0.15, 0.2) is 16.7 Å². The van der Waals surface area contributed by atoms with Gasteiger partial charge in [-0.15, -0.1) is 5.10 Å². The first-order valence-electron chi connectivity index (χ1n) is 4.87. The summed E-state index contributed by atoms with van der Waals surface area (Å²) in [7, 11) is 0. The number of alkyl halides is 1. The van der Waals surface area contributed by atoms with E-state index in [1.54, 1.807) is 10.7 Å². The molecular formula is C10H9Br2FN4. The van der Waals surface area contributed by atoms with Gasteiger partial charge in [-0.3, -0.25) is 0 Å². The predicted molar refractivity (Wildman–Crippen MR) is 68.4 cm³/mol. The normalized spacial score (nSPS) is 10.8. The van der Waals surface area contributed by atoms with Crippen molar-refractivity contribution in [1.82, 2.24) is 20.0 Å². The summed E-state index contributed by atoms with van der Waals surface area (Å²) in [5, 5.41) is 8.74. The average molecular weight is 364 g/mol. The Hall–Kier alpha value is -0.820. The highest BCUT2D eigenvalue weighted by Gasteiger charge is 2.10. The Kier molecular flexibility index (Phi) is 3.88. The second kappa shape index (κ2) is 5.22. The van der Waals surface area contributed by atoms with Gasteiger partial charge in [0.15, 0.2) is 0 Å². The van der Waals surface area contributed by atoms with Crippen LogP contribution in [-0.2, 0) is 11.9 Å². The van der Waals surface area contributed by atoms with E-state index in [1.165, 1.54) is 6.07 Å². The van der Waals surface area contributed by atoms with E-state index in [2.05, 4.69) is 47.2 Å². The van der Waals surface area contributed by atoms with Crippen LogP contribution in [0.25, 0.3) is 0 Å². The van der Waals surface area contributed by atoms with Crippen LogP contribution in [-0.4, -0.2) is 20.0 Å². The SMILES string of the molecule is Cc1c(CBr)nnn1Cc1ccc(F)nc1Br. The molecule has 0 spiro atoms. The molecule has 0 aliphatic heterocycles. The summed E-state index contributed by atoms with van der Waals surface area (Å²) < 4.78 is 15.1. The monoisotopic (exact) mass is 362 g/mol. The lowest BCUT2D eigenvalue weighted by atomic mass is 10.3. The molecule has 0 unspecified atom stereocenters. The number of pyridine rings is 1. The van der Waals surface area contributed by atoms with Crippen molar-refractivity contribution in [3.8, 4) is 0 Å². The van der Waals surface area contributed by atoms with Gasteiger partial charge in [0, 0.05) is 10.9 Å². The Morgan fingerprint density at radius 3 is 2.76 bits per heavy atom. The van der Waals surface area contributed by atoms with Crippen molar-refractivity contribution in [2.75, 3.05) is 0 Å². The van der Waals surface area contributed by atoms with Crippen molar-refractivity contribution in [3.05, 3.63) is 39.6 Å². The maximum atomic E-state index is 12.8. The number of hydrogen-bond acceptors (Lipinski definition) is 3. The van der Waals surface area contributed by atoms with E-state index < -0.39 is 5.95 Å². The summed E-state index contributed by atoms with van der Waals surface area (Å²) in [5.74, 6) is -0.503. The van der Waals surface area contributed by atoms with Gasteiger partial charge in [0.25, 0.3) is 0 Å². The third-order valence-corrected chi connectivity index (χ3v) is 3.63. The summed E-state index contributed by atoms with van der Waals surface area (Å²) in [6.07, 6.45) is 0. The Labute approximate surface area is 114 Å². The summed E-state index contributed by atoms with van der Waals surface area (Å²) in [6.45, 7) is 2.46. The van der Waals surface area contributed by atoms with E-state index in [0.717, 1.165) is 17.0 Å². The van der Waals surface area contributed by atoms with Gasteiger partial charge in [-0.2, -0.15) is 4.39 Å². The average Bonchev–Trinajstić information content (AvgIpc) is 2.64. The smallest absolute Gasteiger partial charge is 0.213 e. The Morgan fingerprint density at radius 1 is 1.41 bits per heavy atom. The third kappa shape index (κ3) is 2.71. The molecule has 4 nitrogen and oxygen atoms in total. The molecule has 7 heteroatoms. The summed E-state index contributed by atoms with van der Waals surface area (Å²) in [6, 6.07) is 3.01. The van der Waals surface area contributed by atoms with Crippen molar-refractivity contribution in [1.29, 1.82) is 0 Å². The van der Waals surface area contributed by atoms with Crippen molar-refractivity contribution in [2.24, 2.45) is 0 Å². The topological polar surface area (TPSA) is 43.6 Å². The van der Waals surface area contributed by atoms with Crippen molar-refractivity contribution in [2.45, 2.75) is 18.8 Å². The lowest BCUT2D eigenvalue weighted by Crippen LogP contribution is -2.06. The predicted octanol–water partition coefficient (Wildman–Crippen LogP) is 2.83. The van der Waals surface area contributed by atoms with Crippen LogP contribution in [0.2, 0.25) is 0 Å². The molecule has 0 saturated heterocycles. The summed E-state index contributed by atoms with van der Waals surface area (Å²) in [4.78, 5) is 3.71. The molecule has 0 fully saturated rings. The van der Waals surface area contributed by atoms with Gasteiger partial charge in [-0.05, 0) is 35.0 Å². The van der Waals surface area contributed by atoms with Crippen molar-refractivity contribution < 1.29 is 4.39 Å². The zero-order chi connectivity index (χ0) is 12.4. The quantitative estimate of drug-likeness (QED) is 0.622. The molecule has 2 aromatic rings. The van der Waals surface area contributed by atoms with Crippen LogP contribution in [0.4, 0.5) is 4.39 Å². The maximum absolute atomic E-state index is 12.8. The highest BCUT2D eigenvalue weighted by Crippen LogP contribution is 2.17. The van der Waals surface area contributed by atoms with E-state index in [4.69, 9.17) is 0 Å². The van der Waals surface area contributed by atoms with Gasteiger partial charge in [0.2, 0.25) is 5.95 Å². The second-order valence-corrected chi connectivity index (χ2v) is 4.81. The lowest BCUT2D eigenvalue weighted by molar-refractivity contribution is 0.573. The number of rotatable bonds is 3. The molecule has 0 aromatic carbocycles. The molecule has 17 heavy (non-hydrogen) atoms. The maximum Gasteiger partial charge on any atom is 0.213 e.